The van der Waals surface area contributed by atoms with Crippen molar-refractivity contribution in [3.63, 3.8) is 0 Å². The van der Waals surface area contributed by atoms with Gasteiger partial charge in [-0.3, -0.25) is 4.79 Å². The standard InChI is InChI=1S/C9H18N2O2/c1-11-5-3-2-4-8(11)6-10-7-9(12)13/h8,10H,2-7H2,1H3,(H,12,13)/t8-/m1/s1. The Hall–Kier alpha value is -0.610. The van der Waals surface area contributed by atoms with Gasteiger partial charge >= 0.3 is 5.97 Å². The predicted molar refractivity (Wildman–Crippen MR) is 50.8 cm³/mol. The van der Waals surface area contributed by atoms with Crippen molar-refractivity contribution >= 4 is 5.97 Å². The van der Waals surface area contributed by atoms with Gasteiger partial charge in [-0.05, 0) is 26.4 Å². The summed E-state index contributed by atoms with van der Waals surface area (Å²) in [6.45, 7) is 2.01. The first-order chi connectivity index (χ1) is 6.20. The van der Waals surface area contributed by atoms with Gasteiger partial charge in [-0.15, -0.1) is 0 Å². The molecule has 0 aliphatic carbocycles. The smallest absolute Gasteiger partial charge is 0.317 e. The molecule has 1 saturated heterocycles. The van der Waals surface area contributed by atoms with Crippen LogP contribution in [-0.2, 0) is 4.79 Å². The predicted octanol–water partition coefficient (Wildman–Crippen LogP) is 0.145. The molecule has 0 unspecified atom stereocenters. The van der Waals surface area contributed by atoms with Gasteiger partial charge in [0, 0.05) is 12.6 Å². The minimum Gasteiger partial charge on any atom is -0.480 e. The molecule has 0 radical (unpaired) electrons. The molecule has 1 atom stereocenters. The highest BCUT2D eigenvalue weighted by Crippen LogP contribution is 2.13. The minimum atomic E-state index is -0.779. The van der Waals surface area contributed by atoms with Crippen LogP contribution in [0.4, 0.5) is 0 Å². The van der Waals surface area contributed by atoms with E-state index < -0.39 is 5.97 Å². The number of piperidine rings is 1. The summed E-state index contributed by atoms with van der Waals surface area (Å²) in [5, 5.41) is 11.4. The van der Waals surface area contributed by atoms with Crippen LogP contribution in [0.5, 0.6) is 0 Å². The summed E-state index contributed by atoms with van der Waals surface area (Å²) in [4.78, 5) is 12.6. The van der Waals surface area contributed by atoms with E-state index in [-0.39, 0.29) is 6.54 Å². The number of nitrogens with zero attached hydrogens (tertiary/aromatic N) is 1. The Labute approximate surface area is 78.9 Å². The summed E-state index contributed by atoms with van der Waals surface area (Å²) in [7, 11) is 2.10. The molecule has 0 aromatic carbocycles. The fraction of sp³-hybridized carbons (Fsp3) is 0.889. The van der Waals surface area contributed by atoms with Crippen LogP contribution in [0.1, 0.15) is 19.3 Å². The average Bonchev–Trinajstić information content (AvgIpc) is 2.08. The van der Waals surface area contributed by atoms with Crippen LogP contribution in [-0.4, -0.2) is 48.7 Å². The summed E-state index contributed by atoms with van der Waals surface area (Å²) < 4.78 is 0. The molecule has 2 N–H and O–H groups in total. The van der Waals surface area contributed by atoms with Crippen LogP contribution in [0, 0.1) is 0 Å². The first-order valence-electron chi connectivity index (χ1n) is 4.83. The van der Waals surface area contributed by atoms with Crippen molar-refractivity contribution in [2.24, 2.45) is 0 Å². The van der Waals surface area contributed by atoms with Gasteiger partial charge in [-0.1, -0.05) is 6.42 Å². The summed E-state index contributed by atoms with van der Waals surface area (Å²) in [5.41, 5.74) is 0. The summed E-state index contributed by atoms with van der Waals surface area (Å²) >= 11 is 0. The number of hydrogen-bond acceptors (Lipinski definition) is 3. The van der Waals surface area contributed by atoms with Gasteiger partial charge in [0.05, 0.1) is 6.54 Å². The first-order valence-corrected chi connectivity index (χ1v) is 4.83. The number of rotatable bonds is 4. The van der Waals surface area contributed by atoms with E-state index in [1.807, 2.05) is 0 Å². The molecule has 4 heteroatoms. The molecule has 1 aliphatic heterocycles. The second kappa shape index (κ2) is 5.19. The van der Waals surface area contributed by atoms with Crippen molar-refractivity contribution in [2.45, 2.75) is 25.3 Å². The second-order valence-electron chi connectivity index (χ2n) is 3.65. The molecule has 0 saturated carbocycles. The number of nitrogens with one attached hydrogen (secondary N) is 1. The average molecular weight is 186 g/mol. The number of likely N-dealkylation sites (tertiary alicyclic amines) is 1. The lowest BCUT2D eigenvalue weighted by Gasteiger charge is -2.32. The van der Waals surface area contributed by atoms with Crippen LogP contribution >= 0.6 is 0 Å². The number of aliphatic carboxylic acids is 1. The van der Waals surface area contributed by atoms with Gasteiger partial charge in [0.25, 0.3) is 0 Å². The number of carboxylic acid groups (broad SMARTS) is 1. The fourth-order valence-corrected chi connectivity index (χ4v) is 1.75. The molecule has 1 aliphatic rings. The van der Waals surface area contributed by atoms with E-state index in [4.69, 9.17) is 5.11 Å². The van der Waals surface area contributed by atoms with Crippen molar-refractivity contribution in [1.82, 2.24) is 10.2 Å². The third kappa shape index (κ3) is 3.74. The molecule has 13 heavy (non-hydrogen) atoms. The molecule has 0 aromatic heterocycles. The molecule has 1 heterocycles. The molecule has 0 aromatic rings. The maximum absolute atomic E-state index is 10.2. The second-order valence-corrected chi connectivity index (χ2v) is 3.65. The largest absolute Gasteiger partial charge is 0.480 e. The van der Waals surface area contributed by atoms with Gasteiger partial charge < -0.3 is 15.3 Å². The van der Waals surface area contributed by atoms with Crippen LogP contribution < -0.4 is 5.32 Å². The molecule has 0 amide bonds. The van der Waals surface area contributed by atoms with Crippen molar-refractivity contribution < 1.29 is 9.90 Å². The van der Waals surface area contributed by atoms with Gasteiger partial charge in [0.1, 0.15) is 0 Å². The summed E-state index contributed by atoms with van der Waals surface area (Å²) in [6.07, 6.45) is 3.72. The highest BCUT2D eigenvalue weighted by Gasteiger charge is 2.18. The van der Waals surface area contributed by atoms with E-state index in [9.17, 15) is 4.79 Å². The molecule has 4 nitrogen and oxygen atoms in total. The zero-order valence-electron chi connectivity index (χ0n) is 8.12. The van der Waals surface area contributed by atoms with E-state index in [0.717, 1.165) is 13.1 Å². The number of hydrogen-bond donors (Lipinski definition) is 2. The topological polar surface area (TPSA) is 52.6 Å². The normalized spacial score (nSPS) is 24.5. The van der Waals surface area contributed by atoms with Crippen LogP contribution in [0.25, 0.3) is 0 Å². The zero-order chi connectivity index (χ0) is 9.68. The Balaban J connectivity index is 2.15. The van der Waals surface area contributed by atoms with E-state index in [1.54, 1.807) is 0 Å². The quantitative estimate of drug-likeness (QED) is 0.656. The van der Waals surface area contributed by atoms with Gasteiger partial charge in [0.2, 0.25) is 0 Å². The Morgan fingerprint density at radius 1 is 1.62 bits per heavy atom. The number of carbonyl (C=O) groups is 1. The molecule has 0 bridgehead atoms. The van der Waals surface area contributed by atoms with Crippen LogP contribution in [0.3, 0.4) is 0 Å². The maximum Gasteiger partial charge on any atom is 0.317 e. The van der Waals surface area contributed by atoms with Crippen molar-refractivity contribution in [2.75, 3.05) is 26.7 Å². The highest BCUT2D eigenvalue weighted by molar-refractivity contribution is 5.68. The van der Waals surface area contributed by atoms with Crippen molar-refractivity contribution in [3.8, 4) is 0 Å². The zero-order valence-corrected chi connectivity index (χ0v) is 8.12. The van der Waals surface area contributed by atoms with Crippen molar-refractivity contribution in [1.29, 1.82) is 0 Å². The van der Waals surface area contributed by atoms with Gasteiger partial charge in [0.15, 0.2) is 0 Å². The van der Waals surface area contributed by atoms with E-state index >= 15 is 0 Å². The van der Waals surface area contributed by atoms with Crippen LogP contribution in [0.15, 0.2) is 0 Å². The lowest BCUT2D eigenvalue weighted by atomic mass is 10.0. The SMILES string of the molecule is CN1CCCC[C@@H]1CNCC(=O)O. The molecular weight excluding hydrogens is 168 g/mol. The van der Waals surface area contributed by atoms with E-state index in [1.165, 1.54) is 19.3 Å². The van der Waals surface area contributed by atoms with Gasteiger partial charge in [-0.2, -0.15) is 0 Å². The van der Waals surface area contributed by atoms with Crippen molar-refractivity contribution in [3.05, 3.63) is 0 Å². The fourth-order valence-electron chi connectivity index (χ4n) is 1.75. The van der Waals surface area contributed by atoms with Gasteiger partial charge in [-0.25, -0.2) is 0 Å². The number of likely N-dealkylation sites (N-methyl/N-ethyl adjacent to an activating group) is 1. The third-order valence-corrected chi connectivity index (χ3v) is 2.58. The van der Waals surface area contributed by atoms with Crippen LogP contribution in [0.2, 0.25) is 0 Å². The Morgan fingerprint density at radius 3 is 3.00 bits per heavy atom. The lowest BCUT2D eigenvalue weighted by molar-refractivity contribution is -0.136. The highest BCUT2D eigenvalue weighted by atomic mass is 16.4. The minimum absolute atomic E-state index is 0.0737. The Morgan fingerprint density at radius 2 is 2.38 bits per heavy atom. The van der Waals surface area contributed by atoms with E-state index in [2.05, 4.69) is 17.3 Å². The summed E-state index contributed by atoms with van der Waals surface area (Å²) in [5.74, 6) is -0.779. The monoisotopic (exact) mass is 186 g/mol. The summed E-state index contributed by atoms with van der Waals surface area (Å²) in [6, 6.07) is 0.521. The molecule has 1 fully saturated rings. The Bertz CT molecular complexity index is 173. The molecule has 76 valence electrons. The van der Waals surface area contributed by atoms with E-state index in [0.29, 0.717) is 6.04 Å². The molecule has 1 rings (SSSR count). The lowest BCUT2D eigenvalue weighted by Crippen LogP contribution is -2.44. The molecule has 0 spiro atoms. The first kappa shape index (κ1) is 10.5. The number of carboxylic acids is 1. The Kier molecular flexibility index (Phi) is 4.18. The molecular formula is C9H18N2O2. The third-order valence-electron chi connectivity index (χ3n) is 2.58. The maximum atomic E-state index is 10.2.